The molecule has 1 aromatic carbocycles. The summed E-state index contributed by atoms with van der Waals surface area (Å²) < 4.78 is 0. The largest absolute Gasteiger partial charge is 0.393 e. The van der Waals surface area contributed by atoms with Crippen molar-refractivity contribution < 1.29 is 5.11 Å². The number of piperidine rings is 1. The van der Waals surface area contributed by atoms with Crippen LogP contribution in [0.2, 0.25) is 10.0 Å². The van der Waals surface area contributed by atoms with Gasteiger partial charge >= 0.3 is 0 Å². The van der Waals surface area contributed by atoms with E-state index in [0.29, 0.717) is 6.04 Å². The molecule has 1 aromatic rings. The lowest BCUT2D eigenvalue weighted by Gasteiger charge is -2.36. The zero-order valence-electron chi connectivity index (χ0n) is 11.3. The van der Waals surface area contributed by atoms with Crippen LogP contribution in [0.5, 0.6) is 0 Å². The lowest BCUT2D eigenvalue weighted by Crippen LogP contribution is -2.40. The van der Waals surface area contributed by atoms with Gasteiger partial charge in [0.2, 0.25) is 0 Å². The molecule has 2 nitrogen and oxygen atoms in total. The monoisotopic (exact) mass is 301 g/mol. The van der Waals surface area contributed by atoms with Crippen molar-refractivity contribution in [1.29, 1.82) is 0 Å². The summed E-state index contributed by atoms with van der Waals surface area (Å²) in [4.78, 5) is 2.42. The van der Waals surface area contributed by atoms with Gasteiger partial charge in [-0.1, -0.05) is 29.6 Å². The minimum absolute atomic E-state index is 0.250. The summed E-state index contributed by atoms with van der Waals surface area (Å²) in [6, 6.07) is 6.06. The smallest absolute Gasteiger partial charge is 0.0527 e. The Morgan fingerprint density at radius 1 is 1.37 bits per heavy atom. The molecule has 4 heteroatoms. The van der Waals surface area contributed by atoms with Crippen molar-refractivity contribution in [3.63, 3.8) is 0 Å². The predicted molar refractivity (Wildman–Crippen MR) is 80.8 cm³/mol. The van der Waals surface area contributed by atoms with Crippen LogP contribution in [0, 0.1) is 0 Å². The highest BCUT2D eigenvalue weighted by Crippen LogP contribution is 2.27. The standard InChI is InChI=1S/C15H21Cl2NO/c1-11(19)8-14-4-2-3-7-18(14)10-12-9-13(16)5-6-15(12)17/h5-6,9,11,14,19H,2-4,7-8,10H2,1H3. The van der Waals surface area contributed by atoms with E-state index in [1.165, 1.54) is 12.8 Å². The Morgan fingerprint density at radius 3 is 2.89 bits per heavy atom. The quantitative estimate of drug-likeness (QED) is 0.904. The Labute approximate surface area is 125 Å². The number of rotatable bonds is 4. The van der Waals surface area contributed by atoms with Crippen molar-refractivity contribution in [2.75, 3.05) is 6.54 Å². The van der Waals surface area contributed by atoms with E-state index in [1.807, 2.05) is 25.1 Å². The fourth-order valence-electron chi connectivity index (χ4n) is 2.81. The van der Waals surface area contributed by atoms with Gasteiger partial charge in [0.15, 0.2) is 0 Å². The highest BCUT2D eigenvalue weighted by molar-refractivity contribution is 6.33. The molecular formula is C15H21Cl2NO. The first kappa shape index (κ1) is 15.1. The topological polar surface area (TPSA) is 23.5 Å². The van der Waals surface area contributed by atoms with E-state index in [9.17, 15) is 5.11 Å². The molecule has 2 rings (SSSR count). The summed E-state index contributed by atoms with van der Waals surface area (Å²) in [5.74, 6) is 0. The van der Waals surface area contributed by atoms with Crippen LogP contribution in [-0.2, 0) is 6.54 Å². The van der Waals surface area contributed by atoms with Crippen molar-refractivity contribution in [2.24, 2.45) is 0 Å². The molecule has 0 spiro atoms. The molecule has 0 radical (unpaired) electrons. The maximum atomic E-state index is 9.61. The summed E-state index contributed by atoms with van der Waals surface area (Å²) in [5, 5.41) is 11.1. The molecular weight excluding hydrogens is 281 g/mol. The van der Waals surface area contributed by atoms with Crippen LogP contribution < -0.4 is 0 Å². The lowest BCUT2D eigenvalue weighted by atomic mass is 9.96. The summed E-state index contributed by atoms with van der Waals surface area (Å²) in [7, 11) is 0. The van der Waals surface area contributed by atoms with Crippen LogP contribution in [0.1, 0.15) is 38.2 Å². The highest BCUT2D eigenvalue weighted by Gasteiger charge is 2.24. The molecule has 1 heterocycles. The predicted octanol–water partition coefficient (Wildman–Crippen LogP) is 4.12. The Morgan fingerprint density at radius 2 is 2.16 bits per heavy atom. The number of aliphatic hydroxyl groups excluding tert-OH is 1. The zero-order chi connectivity index (χ0) is 13.8. The van der Waals surface area contributed by atoms with Gasteiger partial charge in [-0.15, -0.1) is 0 Å². The maximum absolute atomic E-state index is 9.61. The van der Waals surface area contributed by atoms with Gasteiger partial charge in [0.1, 0.15) is 0 Å². The normalized spacial score (nSPS) is 22.4. The average Bonchev–Trinajstić information content (AvgIpc) is 2.35. The molecule has 0 aliphatic carbocycles. The van der Waals surface area contributed by atoms with E-state index in [-0.39, 0.29) is 6.10 Å². The summed E-state index contributed by atoms with van der Waals surface area (Å²) in [6.07, 6.45) is 4.20. The lowest BCUT2D eigenvalue weighted by molar-refractivity contribution is 0.0818. The van der Waals surface area contributed by atoms with Crippen molar-refractivity contribution >= 4 is 23.2 Å². The molecule has 19 heavy (non-hydrogen) atoms. The van der Waals surface area contributed by atoms with Crippen molar-refractivity contribution in [1.82, 2.24) is 4.90 Å². The molecule has 1 aliphatic rings. The molecule has 1 saturated heterocycles. The number of hydrogen-bond acceptors (Lipinski definition) is 2. The van der Waals surface area contributed by atoms with E-state index in [4.69, 9.17) is 23.2 Å². The molecule has 0 amide bonds. The minimum atomic E-state index is -0.250. The van der Waals surface area contributed by atoms with Gasteiger partial charge in [-0.25, -0.2) is 0 Å². The molecule has 1 N–H and O–H groups in total. The number of benzene rings is 1. The third kappa shape index (κ3) is 4.35. The third-order valence-electron chi connectivity index (χ3n) is 3.74. The van der Waals surface area contributed by atoms with E-state index >= 15 is 0 Å². The molecule has 0 saturated carbocycles. The van der Waals surface area contributed by atoms with Crippen molar-refractivity contribution in [3.05, 3.63) is 33.8 Å². The number of hydrogen-bond donors (Lipinski definition) is 1. The summed E-state index contributed by atoms with van der Waals surface area (Å²) in [6.45, 7) is 3.75. The fourth-order valence-corrected chi connectivity index (χ4v) is 3.18. The van der Waals surface area contributed by atoms with Gasteiger partial charge in [-0.2, -0.15) is 0 Å². The van der Waals surface area contributed by atoms with Gasteiger partial charge in [-0.3, -0.25) is 4.90 Å². The Balaban J connectivity index is 2.08. The fraction of sp³-hybridized carbons (Fsp3) is 0.600. The maximum Gasteiger partial charge on any atom is 0.0527 e. The van der Waals surface area contributed by atoms with Crippen LogP contribution >= 0.6 is 23.2 Å². The number of aliphatic hydroxyl groups is 1. The van der Waals surface area contributed by atoms with E-state index in [2.05, 4.69) is 4.90 Å². The first-order valence-corrected chi connectivity index (χ1v) is 7.68. The highest BCUT2D eigenvalue weighted by atomic mass is 35.5. The molecule has 2 atom stereocenters. The minimum Gasteiger partial charge on any atom is -0.393 e. The second kappa shape index (κ2) is 6.94. The first-order chi connectivity index (χ1) is 9.06. The number of halogens is 2. The second-order valence-corrected chi connectivity index (χ2v) is 6.28. The van der Waals surface area contributed by atoms with Gasteiger partial charge in [0.25, 0.3) is 0 Å². The number of likely N-dealkylation sites (tertiary alicyclic amines) is 1. The van der Waals surface area contributed by atoms with Gasteiger partial charge in [0.05, 0.1) is 6.10 Å². The van der Waals surface area contributed by atoms with Crippen LogP contribution in [0.4, 0.5) is 0 Å². The van der Waals surface area contributed by atoms with Crippen LogP contribution in [-0.4, -0.2) is 28.7 Å². The third-order valence-corrected chi connectivity index (χ3v) is 4.35. The van der Waals surface area contributed by atoms with Crippen molar-refractivity contribution in [3.8, 4) is 0 Å². The Kier molecular flexibility index (Phi) is 5.52. The summed E-state index contributed by atoms with van der Waals surface area (Å²) in [5.41, 5.74) is 1.08. The van der Waals surface area contributed by atoms with E-state index in [0.717, 1.165) is 41.5 Å². The van der Waals surface area contributed by atoms with Gasteiger partial charge in [-0.05, 0) is 56.5 Å². The molecule has 0 aromatic heterocycles. The van der Waals surface area contributed by atoms with Crippen LogP contribution in [0.3, 0.4) is 0 Å². The zero-order valence-corrected chi connectivity index (χ0v) is 12.8. The van der Waals surface area contributed by atoms with Gasteiger partial charge in [0, 0.05) is 22.6 Å². The van der Waals surface area contributed by atoms with Crippen LogP contribution in [0.15, 0.2) is 18.2 Å². The second-order valence-electron chi connectivity index (χ2n) is 5.44. The van der Waals surface area contributed by atoms with Crippen molar-refractivity contribution in [2.45, 2.75) is 51.3 Å². The Bertz CT molecular complexity index is 423. The SMILES string of the molecule is CC(O)CC1CCCCN1Cc1cc(Cl)ccc1Cl. The molecule has 2 unspecified atom stereocenters. The molecule has 0 bridgehead atoms. The molecule has 106 valence electrons. The number of nitrogens with zero attached hydrogens (tertiary/aromatic N) is 1. The summed E-state index contributed by atoms with van der Waals surface area (Å²) >= 11 is 12.3. The van der Waals surface area contributed by atoms with Gasteiger partial charge < -0.3 is 5.11 Å². The van der Waals surface area contributed by atoms with E-state index in [1.54, 1.807) is 0 Å². The van der Waals surface area contributed by atoms with E-state index < -0.39 is 0 Å². The molecule has 1 fully saturated rings. The Hall–Kier alpha value is -0.280. The average molecular weight is 302 g/mol. The van der Waals surface area contributed by atoms with Crippen LogP contribution in [0.25, 0.3) is 0 Å². The molecule has 1 aliphatic heterocycles. The first-order valence-electron chi connectivity index (χ1n) is 6.92.